The molecule has 4 nitrogen and oxygen atoms in total. The largest absolute Gasteiger partial charge is 0.444 e. The molecule has 25 heavy (non-hydrogen) atoms. The molecule has 3 rings (SSSR count). The minimum atomic E-state index is -0.447. The minimum absolute atomic E-state index is 0.209. The smallest absolute Gasteiger partial charge is 0.410 e. The van der Waals surface area contributed by atoms with Crippen molar-refractivity contribution in [1.82, 2.24) is 9.80 Å². The lowest BCUT2D eigenvalue weighted by Crippen LogP contribution is -2.50. The van der Waals surface area contributed by atoms with E-state index in [1.807, 2.05) is 25.7 Å². The Morgan fingerprint density at radius 2 is 1.72 bits per heavy atom. The van der Waals surface area contributed by atoms with Crippen LogP contribution in [0, 0.1) is 0 Å². The predicted octanol–water partition coefficient (Wildman–Crippen LogP) is 4.39. The SMILES string of the molecule is CC(C)(C)OC(=O)N1CCN(C(c2ccccc2)c2cccs2)CC1. The van der Waals surface area contributed by atoms with Crippen molar-refractivity contribution in [2.75, 3.05) is 26.2 Å². The second kappa shape index (κ2) is 7.58. The summed E-state index contributed by atoms with van der Waals surface area (Å²) in [6.45, 7) is 8.80. The van der Waals surface area contributed by atoms with E-state index in [9.17, 15) is 4.79 Å². The van der Waals surface area contributed by atoms with Gasteiger partial charge in [0.1, 0.15) is 5.60 Å². The summed E-state index contributed by atoms with van der Waals surface area (Å²) in [4.78, 5) is 17.9. The van der Waals surface area contributed by atoms with Gasteiger partial charge in [-0.05, 0) is 37.8 Å². The third-order valence-corrected chi connectivity index (χ3v) is 5.18. The van der Waals surface area contributed by atoms with Crippen molar-refractivity contribution in [2.24, 2.45) is 0 Å². The lowest BCUT2D eigenvalue weighted by Gasteiger charge is -2.39. The molecule has 2 aromatic rings. The van der Waals surface area contributed by atoms with Gasteiger partial charge in [0.05, 0.1) is 6.04 Å². The van der Waals surface area contributed by atoms with E-state index in [4.69, 9.17) is 4.74 Å². The van der Waals surface area contributed by atoms with Crippen LogP contribution in [0.4, 0.5) is 4.79 Å². The van der Waals surface area contributed by atoms with Crippen LogP contribution < -0.4 is 0 Å². The quantitative estimate of drug-likeness (QED) is 0.816. The zero-order valence-electron chi connectivity index (χ0n) is 15.1. The summed E-state index contributed by atoms with van der Waals surface area (Å²) in [6.07, 6.45) is -0.209. The molecule has 0 N–H and O–H groups in total. The lowest BCUT2D eigenvalue weighted by atomic mass is 10.0. The highest BCUT2D eigenvalue weighted by Crippen LogP contribution is 2.32. The highest BCUT2D eigenvalue weighted by molar-refractivity contribution is 7.10. The molecular weight excluding hydrogens is 332 g/mol. The van der Waals surface area contributed by atoms with Crippen LogP contribution in [0.2, 0.25) is 0 Å². The number of thiophene rings is 1. The first-order valence-electron chi connectivity index (χ1n) is 8.74. The number of rotatable bonds is 3. The van der Waals surface area contributed by atoms with Gasteiger partial charge in [-0.2, -0.15) is 0 Å². The van der Waals surface area contributed by atoms with Crippen LogP contribution in [0.1, 0.15) is 37.3 Å². The maximum absolute atomic E-state index is 12.3. The summed E-state index contributed by atoms with van der Waals surface area (Å²) in [7, 11) is 0. The summed E-state index contributed by atoms with van der Waals surface area (Å²) in [5, 5.41) is 2.13. The Kier molecular flexibility index (Phi) is 5.45. The van der Waals surface area contributed by atoms with Gasteiger partial charge in [-0.25, -0.2) is 4.79 Å². The molecule has 0 bridgehead atoms. The Morgan fingerprint density at radius 3 is 2.28 bits per heavy atom. The van der Waals surface area contributed by atoms with Crippen molar-refractivity contribution < 1.29 is 9.53 Å². The van der Waals surface area contributed by atoms with Gasteiger partial charge < -0.3 is 9.64 Å². The molecule has 2 heterocycles. The van der Waals surface area contributed by atoms with Crippen molar-refractivity contribution in [2.45, 2.75) is 32.4 Å². The molecule has 5 heteroatoms. The van der Waals surface area contributed by atoms with E-state index >= 15 is 0 Å². The Balaban J connectivity index is 1.70. The number of ether oxygens (including phenoxy) is 1. The average Bonchev–Trinajstić information content (AvgIpc) is 3.09. The molecule has 1 aromatic carbocycles. The van der Waals surface area contributed by atoms with Crippen LogP contribution in [0.5, 0.6) is 0 Å². The maximum atomic E-state index is 12.3. The van der Waals surface area contributed by atoms with E-state index in [-0.39, 0.29) is 12.1 Å². The van der Waals surface area contributed by atoms with Crippen molar-refractivity contribution in [1.29, 1.82) is 0 Å². The first kappa shape index (κ1) is 18.0. The normalized spacial score (nSPS) is 17.3. The molecule has 0 spiro atoms. The van der Waals surface area contributed by atoms with Gasteiger partial charge in [0, 0.05) is 31.1 Å². The highest BCUT2D eigenvalue weighted by Gasteiger charge is 2.30. The standard InChI is InChI=1S/C20H26N2O2S/c1-20(2,3)24-19(23)22-13-11-21(12-14-22)18(17-10-7-15-25-17)16-8-5-4-6-9-16/h4-10,15,18H,11-14H2,1-3H3. The van der Waals surface area contributed by atoms with Crippen LogP contribution in [0.3, 0.4) is 0 Å². The highest BCUT2D eigenvalue weighted by atomic mass is 32.1. The molecule has 134 valence electrons. The zero-order chi connectivity index (χ0) is 17.9. The molecule has 1 saturated heterocycles. The minimum Gasteiger partial charge on any atom is -0.444 e. The number of carbonyl (C=O) groups excluding carboxylic acids is 1. The fourth-order valence-corrected chi connectivity index (χ4v) is 4.01. The van der Waals surface area contributed by atoms with Crippen LogP contribution >= 0.6 is 11.3 Å². The molecule has 1 aliphatic heterocycles. The van der Waals surface area contributed by atoms with Crippen LogP contribution in [0.15, 0.2) is 47.8 Å². The first-order valence-corrected chi connectivity index (χ1v) is 9.62. The predicted molar refractivity (Wildman–Crippen MR) is 102 cm³/mol. The Hall–Kier alpha value is -1.85. The molecule has 0 radical (unpaired) electrons. The number of amides is 1. The second-order valence-electron chi connectivity index (χ2n) is 7.33. The topological polar surface area (TPSA) is 32.8 Å². The van der Waals surface area contributed by atoms with E-state index in [0.717, 1.165) is 13.1 Å². The van der Waals surface area contributed by atoms with Gasteiger partial charge in [-0.15, -0.1) is 11.3 Å². The van der Waals surface area contributed by atoms with E-state index in [0.29, 0.717) is 13.1 Å². The summed E-state index contributed by atoms with van der Waals surface area (Å²) >= 11 is 1.79. The Labute approximate surface area is 154 Å². The van der Waals surface area contributed by atoms with Gasteiger partial charge >= 0.3 is 6.09 Å². The van der Waals surface area contributed by atoms with Gasteiger partial charge in [0.25, 0.3) is 0 Å². The number of carbonyl (C=O) groups is 1. The van der Waals surface area contributed by atoms with Crippen molar-refractivity contribution in [3.8, 4) is 0 Å². The summed E-state index contributed by atoms with van der Waals surface area (Å²) in [5.41, 5.74) is 0.855. The van der Waals surface area contributed by atoms with E-state index < -0.39 is 5.60 Å². The molecular formula is C20H26N2O2S. The molecule has 1 aliphatic rings. The summed E-state index contributed by atoms with van der Waals surface area (Å²) in [6, 6.07) is 15.2. The van der Waals surface area contributed by atoms with E-state index in [2.05, 4.69) is 52.7 Å². The Morgan fingerprint density at radius 1 is 1.04 bits per heavy atom. The van der Waals surface area contributed by atoms with Crippen LogP contribution in [0.25, 0.3) is 0 Å². The lowest BCUT2D eigenvalue weighted by molar-refractivity contribution is 0.0120. The molecule has 1 unspecified atom stereocenters. The fourth-order valence-electron chi connectivity index (χ4n) is 3.13. The summed E-state index contributed by atoms with van der Waals surface area (Å²) < 4.78 is 5.50. The number of piperazine rings is 1. The first-order chi connectivity index (χ1) is 11.9. The zero-order valence-corrected chi connectivity index (χ0v) is 16.0. The van der Waals surface area contributed by atoms with Gasteiger partial charge in [0.15, 0.2) is 0 Å². The third-order valence-electron chi connectivity index (χ3n) is 4.26. The van der Waals surface area contributed by atoms with E-state index in [1.165, 1.54) is 10.4 Å². The van der Waals surface area contributed by atoms with Gasteiger partial charge in [0.2, 0.25) is 0 Å². The monoisotopic (exact) mass is 358 g/mol. The number of hydrogen-bond acceptors (Lipinski definition) is 4. The molecule has 1 amide bonds. The number of nitrogens with zero attached hydrogens (tertiary/aromatic N) is 2. The van der Waals surface area contributed by atoms with Crippen molar-refractivity contribution >= 4 is 17.4 Å². The van der Waals surface area contributed by atoms with Crippen LogP contribution in [-0.2, 0) is 4.74 Å². The molecule has 1 aromatic heterocycles. The van der Waals surface area contributed by atoms with Crippen molar-refractivity contribution in [3.05, 3.63) is 58.3 Å². The Bertz CT molecular complexity index is 671. The summed E-state index contributed by atoms with van der Waals surface area (Å²) in [5.74, 6) is 0. The fraction of sp³-hybridized carbons (Fsp3) is 0.450. The molecule has 0 aliphatic carbocycles. The van der Waals surface area contributed by atoms with E-state index in [1.54, 1.807) is 11.3 Å². The number of benzene rings is 1. The average molecular weight is 359 g/mol. The molecule has 1 fully saturated rings. The second-order valence-corrected chi connectivity index (χ2v) is 8.31. The third kappa shape index (κ3) is 4.61. The van der Waals surface area contributed by atoms with Crippen LogP contribution in [-0.4, -0.2) is 47.7 Å². The maximum Gasteiger partial charge on any atom is 0.410 e. The molecule has 0 saturated carbocycles. The number of hydrogen-bond donors (Lipinski definition) is 0. The molecule has 1 atom stereocenters. The van der Waals surface area contributed by atoms with Gasteiger partial charge in [-0.1, -0.05) is 36.4 Å². The van der Waals surface area contributed by atoms with Gasteiger partial charge in [-0.3, -0.25) is 4.90 Å². The van der Waals surface area contributed by atoms with Crippen molar-refractivity contribution in [3.63, 3.8) is 0 Å².